The lowest BCUT2D eigenvalue weighted by Crippen LogP contribution is -2.24. The first kappa shape index (κ1) is 18.0. The predicted octanol–water partition coefficient (Wildman–Crippen LogP) is 5.51. The second kappa shape index (κ2) is 8.48. The number of hydrogen-bond acceptors (Lipinski definition) is 3. The zero-order valence-corrected chi connectivity index (χ0v) is 15.1. The molecule has 2 rings (SSSR count). The van der Waals surface area contributed by atoms with Crippen molar-refractivity contribution in [2.45, 2.75) is 23.5 Å². The van der Waals surface area contributed by atoms with Crippen molar-refractivity contribution in [3.8, 4) is 5.75 Å². The van der Waals surface area contributed by atoms with Crippen LogP contribution in [-0.2, 0) is 4.79 Å². The second-order valence-electron chi connectivity index (χ2n) is 4.80. The quantitative estimate of drug-likeness (QED) is 0.682. The van der Waals surface area contributed by atoms with E-state index in [-0.39, 0.29) is 11.2 Å². The molecule has 3 nitrogen and oxygen atoms in total. The van der Waals surface area contributed by atoms with Crippen LogP contribution in [0.1, 0.15) is 13.3 Å². The lowest BCUT2D eigenvalue weighted by molar-refractivity contribution is -0.115. The van der Waals surface area contributed by atoms with Gasteiger partial charge < -0.3 is 10.1 Å². The van der Waals surface area contributed by atoms with E-state index in [0.717, 1.165) is 4.90 Å². The third-order valence-corrected chi connectivity index (χ3v) is 5.04. The van der Waals surface area contributed by atoms with Crippen molar-refractivity contribution in [1.29, 1.82) is 0 Å². The summed E-state index contributed by atoms with van der Waals surface area (Å²) < 4.78 is 5.25. The minimum absolute atomic E-state index is 0.0898. The first-order valence-corrected chi connectivity index (χ1v) is 8.73. The van der Waals surface area contributed by atoms with Gasteiger partial charge in [0.05, 0.1) is 18.0 Å². The molecule has 1 N–H and O–H groups in total. The molecular weight excluding hydrogens is 353 g/mol. The number of thioether (sulfide) groups is 1. The van der Waals surface area contributed by atoms with Gasteiger partial charge in [0.15, 0.2) is 0 Å². The van der Waals surface area contributed by atoms with E-state index in [1.165, 1.54) is 11.8 Å². The Morgan fingerprint density at radius 1 is 1.17 bits per heavy atom. The number of ether oxygens (including phenoxy) is 1. The molecule has 0 heterocycles. The number of benzene rings is 2. The van der Waals surface area contributed by atoms with Crippen LogP contribution >= 0.6 is 35.0 Å². The third kappa shape index (κ3) is 5.06. The number of methoxy groups -OCH3 is 1. The number of halogens is 2. The van der Waals surface area contributed by atoms with Gasteiger partial charge in [-0.25, -0.2) is 0 Å². The van der Waals surface area contributed by atoms with Crippen LogP contribution in [0.2, 0.25) is 10.0 Å². The zero-order valence-electron chi connectivity index (χ0n) is 12.8. The molecule has 0 spiro atoms. The smallest absolute Gasteiger partial charge is 0.237 e. The standard InChI is InChI=1S/C17H17Cl2NO2S/c1-3-16(23-13-7-4-11(18)5-8-13)17(21)20-14-10-12(19)6-9-15(14)22-2/h4-10,16H,3H2,1-2H3,(H,20,21). The number of hydrogen-bond donors (Lipinski definition) is 1. The maximum atomic E-state index is 12.5. The largest absolute Gasteiger partial charge is 0.495 e. The molecule has 0 saturated carbocycles. The van der Waals surface area contributed by atoms with Gasteiger partial charge in [0.1, 0.15) is 5.75 Å². The number of amides is 1. The summed E-state index contributed by atoms with van der Waals surface area (Å²) in [4.78, 5) is 13.5. The van der Waals surface area contributed by atoms with Gasteiger partial charge in [-0.2, -0.15) is 0 Å². The molecule has 23 heavy (non-hydrogen) atoms. The Labute approximate surface area is 150 Å². The van der Waals surface area contributed by atoms with Crippen molar-refractivity contribution < 1.29 is 9.53 Å². The number of rotatable bonds is 6. The summed E-state index contributed by atoms with van der Waals surface area (Å²) in [6.45, 7) is 1.97. The molecule has 0 aliphatic rings. The van der Waals surface area contributed by atoms with Crippen LogP contribution in [0.5, 0.6) is 5.75 Å². The fourth-order valence-corrected chi connectivity index (χ4v) is 3.24. The molecular formula is C17H17Cl2NO2S. The van der Waals surface area contributed by atoms with E-state index in [2.05, 4.69) is 5.32 Å². The normalized spacial score (nSPS) is 11.8. The lowest BCUT2D eigenvalue weighted by Gasteiger charge is -2.16. The van der Waals surface area contributed by atoms with Crippen LogP contribution in [0.4, 0.5) is 5.69 Å². The SMILES string of the molecule is CCC(Sc1ccc(Cl)cc1)C(=O)Nc1cc(Cl)ccc1OC. The Morgan fingerprint density at radius 2 is 1.83 bits per heavy atom. The van der Waals surface area contributed by atoms with Gasteiger partial charge in [-0.05, 0) is 48.9 Å². The van der Waals surface area contributed by atoms with E-state index < -0.39 is 0 Å². The molecule has 0 radical (unpaired) electrons. The van der Waals surface area contributed by atoms with Crippen LogP contribution in [0.25, 0.3) is 0 Å². The summed E-state index contributed by atoms with van der Waals surface area (Å²) in [5, 5.41) is 3.88. The molecule has 0 aliphatic heterocycles. The molecule has 0 saturated heterocycles. The number of carbonyl (C=O) groups is 1. The van der Waals surface area contributed by atoms with Crippen molar-refractivity contribution in [2.24, 2.45) is 0 Å². The summed E-state index contributed by atoms with van der Waals surface area (Å²) in [6, 6.07) is 12.6. The Morgan fingerprint density at radius 3 is 2.43 bits per heavy atom. The number of anilines is 1. The predicted molar refractivity (Wildman–Crippen MR) is 98.0 cm³/mol. The van der Waals surface area contributed by atoms with E-state index in [0.29, 0.717) is 27.9 Å². The number of carbonyl (C=O) groups excluding carboxylic acids is 1. The lowest BCUT2D eigenvalue weighted by atomic mass is 10.2. The van der Waals surface area contributed by atoms with Crippen LogP contribution in [0.3, 0.4) is 0 Å². The molecule has 2 aromatic carbocycles. The minimum atomic E-state index is -0.222. The highest BCUT2D eigenvalue weighted by atomic mass is 35.5. The summed E-state index contributed by atoms with van der Waals surface area (Å²) in [5.74, 6) is 0.488. The van der Waals surface area contributed by atoms with Gasteiger partial charge in [0.2, 0.25) is 5.91 Å². The van der Waals surface area contributed by atoms with Gasteiger partial charge in [0.25, 0.3) is 0 Å². The Kier molecular flexibility index (Phi) is 6.63. The van der Waals surface area contributed by atoms with Crippen LogP contribution in [0.15, 0.2) is 47.4 Å². The summed E-state index contributed by atoms with van der Waals surface area (Å²) in [6.07, 6.45) is 0.696. The molecule has 2 aromatic rings. The molecule has 0 bridgehead atoms. The average molecular weight is 370 g/mol. The summed E-state index contributed by atoms with van der Waals surface area (Å²) >= 11 is 13.4. The maximum absolute atomic E-state index is 12.5. The van der Waals surface area contributed by atoms with Gasteiger partial charge >= 0.3 is 0 Å². The molecule has 1 amide bonds. The van der Waals surface area contributed by atoms with E-state index in [1.54, 1.807) is 25.3 Å². The van der Waals surface area contributed by atoms with Gasteiger partial charge in [-0.3, -0.25) is 4.79 Å². The molecule has 0 fully saturated rings. The van der Waals surface area contributed by atoms with E-state index in [4.69, 9.17) is 27.9 Å². The van der Waals surface area contributed by atoms with E-state index in [1.807, 2.05) is 31.2 Å². The van der Waals surface area contributed by atoms with Crippen LogP contribution < -0.4 is 10.1 Å². The van der Waals surface area contributed by atoms with Crippen molar-refractivity contribution >= 4 is 46.6 Å². The maximum Gasteiger partial charge on any atom is 0.237 e. The van der Waals surface area contributed by atoms with Crippen molar-refractivity contribution in [2.75, 3.05) is 12.4 Å². The molecule has 6 heteroatoms. The number of nitrogens with one attached hydrogen (secondary N) is 1. The highest BCUT2D eigenvalue weighted by molar-refractivity contribution is 8.00. The topological polar surface area (TPSA) is 38.3 Å². The average Bonchev–Trinajstić information content (AvgIpc) is 2.54. The third-order valence-electron chi connectivity index (χ3n) is 3.17. The monoisotopic (exact) mass is 369 g/mol. The summed E-state index contributed by atoms with van der Waals surface area (Å²) in [7, 11) is 1.55. The second-order valence-corrected chi connectivity index (χ2v) is 6.95. The van der Waals surface area contributed by atoms with Gasteiger partial charge in [-0.15, -0.1) is 11.8 Å². The van der Waals surface area contributed by atoms with E-state index >= 15 is 0 Å². The van der Waals surface area contributed by atoms with Crippen molar-refractivity contribution in [3.63, 3.8) is 0 Å². The summed E-state index contributed by atoms with van der Waals surface area (Å²) in [5.41, 5.74) is 0.570. The molecule has 1 unspecified atom stereocenters. The molecule has 0 aromatic heterocycles. The minimum Gasteiger partial charge on any atom is -0.495 e. The fraction of sp³-hybridized carbons (Fsp3) is 0.235. The van der Waals surface area contributed by atoms with Crippen molar-refractivity contribution in [3.05, 3.63) is 52.5 Å². The van der Waals surface area contributed by atoms with Crippen molar-refractivity contribution in [1.82, 2.24) is 0 Å². The molecule has 0 aliphatic carbocycles. The highest BCUT2D eigenvalue weighted by Gasteiger charge is 2.19. The molecule has 1 atom stereocenters. The van der Waals surface area contributed by atoms with Crippen LogP contribution in [0, 0.1) is 0 Å². The fourth-order valence-electron chi connectivity index (χ4n) is 1.99. The van der Waals surface area contributed by atoms with Crippen LogP contribution in [-0.4, -0.2) is 18.3 Å². The first-order chi connectivity index (χ1) is 11.0. The van der Waals surface area contributed by atoms with Gasteiger partial charge in [0, 0.05) is 14.9 Å². The van der Waals surface area contributed by atoms with Gasteiger partial charge in [-0.1, -0.05) is 30.1 Å². The zero-order chi connectivity index (χ0) is 16.8. The molecule has 122 valence electrons. The Bertz CT molecular complexity index is 677. The Hall–Kier alpha value is -1.36. The first-order valence-electron chi connectivity index (χ1n) is 7.10. The van der Waals surface area contributed by atoms with E-state index in [9.17, 15) is 4.79 Å². The Balaban J connectivity index is 2.11. The highest BCUT2D eigenvalue weighted by Crippen LogP contribution is 2.31.